The molecule has 0 aliphatic rings. The molecule has 0 heterocycles. The predicted octanol–water partition coefficient (Wildman–Crippen LogP) is 3.89. The first-order chi connectivity index (χ1) is 8.61. The van der Waals surface area contributed by atoms with Crippen LogP contribution in [-0.2, 0) is 0 Å². The van der Waals surface area contributed by atoms with Gasteiger partial charge in [0.2, 0.25) is 0 Å². The van der Waals surface area contributed by atoms with Crippen LogP contribution in [0.25, 0.3) is 0 Å². The standard InChI is InChI=1S/C14H10F2N2/c1-9-3-2-4-10(8-17)14(9)18-13-7-11(15)5-6-12(13)16/h2-7,18H,1H3. The Morgan fingerprint density at radius 2 is 1.94 bits per heavy atom. The topological polar surface area (TPSA) is 35.8 Å². The van der Waals surface area contributed by atoms with Crippen LogP contribution in [0.1, 0.15) is 11.1 Å². The van der Waals surface area contributed by atoms with Crippen molar-refractivity contribution >= 4 is 11.4 Å². The van der Waals surface area contributed by atoms with Gasteiger partial charge in [0, 0.05) is 6.07 Å². The highest BCUT2D eigenvalue weighted by molar-refractivity contribution is 5.70. The van der Waals surface area contributed by atoms with E-state index in [4.69, 9.17) is 5.26 Å². The second-order valence-electron chi connectivity index (χ2n) is 3.86. The Hall–Kier alpha value is -2.41. The molecule has 2 aromatic carbocycles. The fourth-order valence-corrected chi connectivity index (χ4v) is 1.65. The predicted molar refractivity (Wildman–Crippen MR) is 65.5 cm³/mol. The maximum absolute atomic E-state index is 13.5. The van der Waals surface area contributed by atoms with Gasteiger partial charge < -0.3 is 5.32 Å². The first-order valence-electron chi connectivity index (χ1n) is 5.33. The van der Waals surface area contributed by atoms with Crippen molar-refractivity contribution in [1.29, 1.82) is 5.26 Å². The number of benzene rings is 2. The van der Waals surface area contributed by atoms with E-state index in [1.54, 1.807) is 25.1 Å². The van der Waals surface area contributed by atoms with Crippen LogP contribution in [0.15, 0.2) is 36.4 Å². The highest BCUT2D eigenvalue weighted by atomic mass is 19.1. The van der Waals surface area contributed by atoms with E-state index in [9.17, 15) is 8.78 Å². The summed E-state index contributed by atoms with van der Waals surface area (Å²) < 4.78 is 26.6. The molecule has 2 rings (SSSR count). The minimum atomic E-state index is -0.566. The molecule has 0 amide bonds. The summed E-state index contributed by atoms with van der Waals surface area (Å²) in [5.41, 5.74) is 1.68. The van der Waals surface area contributed by atoms with Gasteiger partial charge >= 0.3 is 0 Å². The van der Waals surface area contributed by atoms with E-state index in [0.29, 0.717) is 11.3 Å². The van der Waals surface area contributed by atoms with Crippen LogP contribution in [0.3, 0.4) is 0 Å². The lowest BCUT2D eigenvalue weighted by Gasteiger charge is -2.12. The number of halogens is 2. The Bertz CT molecular complexity index is 630. The van der Waals surface area contributed by atoms with Crippen molar-refractivity contribution in [2.24, 2.45) is 0 Å². The van der Waals surface area contributed by atoms with Crippen LogP contribution >= 0.6 is 0 Å². The molecule has 2 aromatic rings. The lowest BCUT2D eigenvalue weighted by atomic mass is 10.1. The van der Waals surface area contributed by atoms with E-state index in [1.807, 2.05) is 6.07 Å². The number of nitrogens with one attached hydrogen (secondary N) is 1. The van der Waals surface area contributed by atoms with Crippen molar-refractivity contribution in [3.05, 3.63) is 59.2 Å². The minimum absolute atomic E-state index is 0.0146. The Morgan fingerprint density at radius 1 is 1.17 bits per heavy atom. The van der Waals surface area contributed by atoms with Crippen LogP contribution in [0.4, 0.5) is 20.2 Å². The zero-order valence-corrected chi connectivity index (χ0v) is 9.67. The Labute approximate surface area is 103 Å². The highest BCUT2D eigenvalue weighted by Crippen LogP contribution is 2.26. The summed E-state index contributed by atoms with van der Waals surface area (Å²) in [5.74, 6) is -1.10. The van der Waals surface area contributed by atoms with Crippen LogP contribution in [-0.4, -0.2) is 0 Å². The molecule has 1 N–H and O–H groups in total. The van der Waals surface area contributed by atoms with Crippen molar-refractivity contribution in [2.75, 3.05) is 5.32 Å². The van der Waals surface area contributed by atoms with Crippen molar-refractivity contribution in [1.82, 2.24) is 0 Å². The molecule has 2 nitrogen and oxygen atoms in total. The molecule has 0 unspecified atom stereocenters. The maximum Gasteiger partial charge on any atom is 0.146 e. The molecule has 0 spiro atoms. The first-order valence-corrected chi connectivity index (χ1v) is 5.33. The molecular weight excluding hydrogens is 234 g/mol. The summed E-state index contributed by atoms with van der Waals surface area (Å²) in [6.07, 6.45) is 0. The van der Waals surface area contributed by atoms with Gasteiger partial charge in [0.15, 0.2) is 0 Å². The summed E-state index contributed by atoms with van der Waals surface area (Å²) >= 11 is 0. The zero-order valence-electron chi connectivity index (χ0n) is 9.67. The van der Waals surface area contributed by atoms with Gasteiger partial charge in [0.1, 0.15) is 17.7 Å². The molecule has 4 heteroatoms. The van der Waals surface area contributed by atoms with Crippen molar-refractivity contribution in [3.63, 3.8) is 0 Å². The highest BCUT2D eigenvalue weighted by Gasteiger charge is 2.09. The van der Waals surface area contributed by atoms with E-state index in [-0.39, 0.29) is 5.69 Å². The number of rotatable bonds is 2. The molecule has 0 aliphatic carbocycles. The van der Waals surface area contributed by atoms with Crippen molar-refractivity contribution in [3.8, 4) is 6.07 Å². The molecule has 0 atom stereocenters. The van der Waals surface area contributed by atoms with E-state index in [2.05, 4.69) is 5.32 Å². The quantitative estimate of drug-likeness (QED) is 0.869. The minimum Gasteiger partial charge on any atom is -0.352 e. The SMILES string of the molecule is Cc1cccc(C#N)c1Nc1cc(F)ccc1F. The molecule has 0 aliphatic heterocycles. The lowest BCUT2D eigenvalue weighted by Crippen LogP contribution is -1.99. The largest absolute Gasteiger partial charge is 0.352 e. The summed E-state index contributed by atoms with van der Waals surface area (Å²) in [7, 11) is 0. The van der Waals surface area contributed by atoms with E-state index in [1.165, 1.54) is 0 Å². The molecular formula is C14H10F2N2. The van der Waals surface area contributed by atoms with E-state index >= 15 is 0 Å². The Morgan fingerprint density at radius 3 is 2.67 bits per heavy atom. The van der Waals surface area contributed by atoms with E-state index < -0.39 is 11.6 Å². The number of anilines is 2. The molecule has 90 valence electrons. The van der Waals surface area contributed by atoms with Gasteiger partial charge in [-0.2, -0.15) is 5.26 Å². The zero-order chi connectivity index (χ0) is 13.1. The lowest BCUT2D eigenvalue weighted by molar-refractivity contribution is 0.603. The van der Waals surface area contributed by atoms with E-state index in [0.717, 1.165) is 23.8 Å². The van der Waals surface area contributed by atoms with Gasteiger partial charge in [-0.25, -0.2) is 8.78 Å². The normalized spacial score (nSPS) is 9.89. The third-order valence-corrected chi connectivity index (χ3v) is 2.58. The molecule has 0 saturated carbocycles. The van der Waals surface area contributed by atoms with Gasteiger partial charge in [0.25, 0.3) is 0 Å². The maximum atomic E-state index is 13.5. The van der Waals surface area contributed by atoms with Crippen LogP contribution in [0.5, 0.6) is 0 Å². The van der Waals surface area contributed by atoms with Gasteiger partial charge in [0.05, 0.1) is 16.9 Å². The average molecular weight is 244 g/mol. The summed E-state index contributed by atoms with van der Waals surface area (Å²) in [6, 6.07) is 10.3. The molecule has 0 fully saturated rings. The van der Waals surface area contributed by atoms with Crippen LogP contribution in [0.2, 0.25) is 0 Å². The van der Waals surface area contributed by atoms with Crippen molar-refractivity contribution < 1.29 is 8.78 Å². The van der Waals surface area contributed by atoms with Crippen molar-refractivity contribution in [2.45, 2.75) is 6.92 Å². The Balaban J connectivity index is 2.46. The number of nitriles is 1. The summed E-state index contributed by atoms with van der Waals surface area (Å²) in [5, 5.41) is 11.8. The van der Waals surface area contributed by atoms with Gasteiger partial charge in [-0.3, -0.25) is 0 Å². The molecule has 18 heavy (non-hydrogen) atoms. The molecule has 0 radical (unpaired) electrons. The second kappa shape index (κ2) is 4.84. The number of nitrogens with zero attached hydrogens (tertiary/aromatic N) is 1. The number of hydrogen-bond acceptors (Lipinski definition) is 2. The Kier molecular flexibility index (Phi) is 3.24. The molecule has 0 aromatic heterocycles. The summed E-state index contributed by atoms with van der Waals surface area (Å²) in [6.45, 7) is 1.79. The number of aryl methyl sites for hydroxylation is 1. The van der Waals surface area contributed by atoms with Crippen LogP contribution in [0, 0.1) is 29.9 Å². The fourth-order valence-electron chi connectivity index (χ4n) is 1.65. The fraction of sp³-hybridized carbons (Fsp3) is 0.0714. The van der Waals surface area contributed by atoms with Crippen LogP contribution < -0.4 is 5.32 Å². The number of hydrogen-bond donors (Lipinski definition) is 1. The third kappa shape index (κ3) is 2.30. The first kappa shape index (κ1) is 12.1. The van der Waals surface area contributed by atoms with Gasteiger partial charge in [-0.15, -0.1) is 0 Å². The summed E-state index contributed by atoms with van der Waals surface area (Å²) in [4.78, 5) is 0. The van der Waals surface area contributed by atoms with Gasteiger partial charge in [-0.05, 0) is 30.7 Å². The van der Waals surface area contributed by atoms with Gasteiger partial charge in [-0.1, -0.05) is 12.1 Å². The number of para-hydroxylation sites is 1. The monoisotopic (exact) mass is 244 g/mol. The second-order valence-corrected chi connectivity index (χ2v) is 3.86. The molecule has 0 bridgehead atoms. The average Bonchev–Trinajstić information content (AvgIpc) is 2.36. The third-order valence-electron chi connectivity index (χ3n) is 2.58. The smallest absolute Gasteiger partial charge is 0.146 e. The molecule has 0 saturated heterocycles.